The lowest BCUT2D eigenvalue weighted by Gasteiger charge is -1.96. The van der Waals surface area contributed by atoms with Crippen LogP contribution in [0.15, 0.2) is 43.0 Å². The smallest absolute Gasteiger partial charge is 0.335 e. The summed E-state index contributed by atoms with van der Waals surface area (Å²) < 4.78 is 0. The molecule has 0 amide bonds. The summed E-state index contributed by atoms with van der Waals surface area (Å²) in [6, 6.07) is 6.65. The first-order chi connectivity index (χ1) is 8.25. The van der Waals surface area contributed by atoms with Crippen LogP contribution in [0.5, 0.6) is 0 Å². The number of carboxylic acids is 1. The maximum absolute atomic E-state index is 10.7. The molecule has 4 nitrogen and oxygen atoms in total. The first kappa shape index (κ1) is 11.0. The normalized spacial score (nSPS) is 10.6. The van der Waals surface area contributed by atoms with Crippen molar-refractivity contribution >= 4 is 18.1 Å². The third kappa shape index (κ3) is 2.98. The highest BCUT2D eigenvalue weighted by atomic mass is 16.4. The van der Waals surface area contributed by atoms with Crippen molar-refractivity contribution in [3.63, 3.8) is 0 Å². The van der Waals surface area contributed by atoms with E-state index < -0.39 is 5.97 Å². The van der Waals surface area contributed by atoms with Crippen LogP contribution in [0.3, 0.4) is 0 Å². The first-order valence-electron chi connectivity index (χ1n) is 5.02. The summed E-state index contributed by atoms with van der Waals surface area (Å²) in [7, 11) is 0. The highest BCUT2D eigenvalue weighted by Gasteiger charge is 1.99. The fourth-order valence-corrected chi connectivity index (χ4v) is 1.33. The first-order valence-corrected chi connectivity index (χ1v) is 5.02. The van der Waals surface area contributed by atoms with Crippen LogP contribution in [-0.2, 0) is 0 Å². The second kappa shape index (κ2) is 5.03. The van der Waals surface area contributed by atoms with Gasteiger partial charge in [-0.05, 0) is 17.7 Å². The van der Waals surface area contributed by atoms with Crippen molar-refractivity contribution < 1.29 is 9.90 Å². The molecule has 1 aromatic heterocycles. The third-order valence-corrected chi connectivity index (χ3v) is 2.21. The van der Waals surface area contributed by atoms with Crippen LogP contribution in [0, 0.1) is 0 Å². The van der Waals surface area contributed by atoms with Crippen molar-refractivity contribution in [1.29, 1.82) is 0 Å². The van der Waals surface area contributed by atoms with Gasteiger partial charge in [-0.25, -0.2) is 14.8 Å². The minimum atomic E-state index is -0.919. The molecule has 0 atom stereocenters. The van der Waals surface area contributed by atoms with Crippen molar-refractivity contribution in [3.8, 4) is 0 Å². The summed E-state index contributed by atoms with van der Waals surface area (Å²) in [6.07, 6.45) is 8.63. The van der Waals surface area contributed by atoms with Crippen molar-refractivity contribution in [2.24, 2.45) is 0 Å². The molecule has 1 aromatic carbocycles. The van der Waals surface area contributed by atoms with Gasteiger partial charge in [0, 0.05) is 18.0 Å². The standard InChI is InChI=1S/C13H10N2O2/c16-13(17)12-5-3-10(4-6-12)1-2-11-7-14-9-15-8-11/h1-9H,(H,16,17). The minimum absolute atomic E-state index is 0.283. The van der Waals surface area contributed by atoms with E-state index in [1.54, 1.807) is 36.7 Å². The van der Waals surface area contributed by atoms with Gasteiger partial charge in [0.25, 0.3) is 0 Å². The van der Waals surface area contributed by atoms with Gasteiger partial charge in [0.2, 0.25) is 0 Å². The largest absolute Gasteiger partial charge is 0.478 e. The van der Waals surface area contributed by atoms with E-state index in [9.17, 15) is 4.79 Å². The van der Waals surface area contributed by atoms with E-state index in [1.165, 1.54) is 6.33 Å². The number of aromatic carboxylic acids is 1. The number of carbonyl (C=O) groups is 1. The molecule has 84 valence electrons. The Morgan fingerprint density at radius 2 is 1.59 bits per heavy atom. The Morgan fingerprint density at radius 3 is 2.18 bits per heavy atom. The third-order valence-electron chi connectivity index (χ3n) is 2.21. The van der Waals surface area contributed by atoms with Crippen LogP contribution in [0.25, 0.3) is 12.2 Å². The average molecular weight is 226 g/mol. The summed E-state index contributed by atoms with van der Waals surface area (Å²) >= 11 is 0. The number of benzene rings is 1. The van der Waals surface area contributed by atoms with E-state index in [2.05, 4.69) is 9.97 Å². The van der Waals surface area contributed by atoms with Crippen molar-refractivity contribution in [1.82, 2.24) is 9.97 Å². The molecule has 17 heavy (non-hydrogen) atoms. The lowest BCUT2D eigenvalue weighted by Crippen LogP contribution is -1.94. The fourth-order valence-electron chi connectivity index (χ4n) is 1.33. The summed E-state index contributed by atoms with van der Waals surface area (Å²) in [5, 5.41) is 8.75. The molecule has 1 N–H and O–H groups in total. The fraction of sp³-hybridized carbons (Fsp3) is 0. The minimum Gasteiger partial charge on any atom is -0.478 e. The molecule has 0 aliphatic carbocycles. The van der Waals surface area contributed by atoms with Crippen LogP contribution in [0.2, 0.25) is 0 Å². The zero-order chi connectivity index (χ0) is 12.1. The molecule has 2 aromatic rings. The molecular weight excluding hydrogens is 216 g/mol. The monoisotopic (exact) mass is 226 g/mol. The van der Waals surface area contributed by atoms with Crippen molar-refractivity contribution in [2.75, 3.05) is 0 Å². The van der Waals surface area contributed by atoms with E-state index in [0.29, 0.717) is 0 Å². The van der Waals surface area contributed by atoms with Gasteiger partial charge in [0.1, 0.15) is 6.33 Å². The molecule has 0 bridgehead atoms. The Balaban J connectivity index is 2.14. The highest BCUT2D eigenvalue weighted by molar-refractivity contribution is 5.88. The van der Waals surface area contributed by atoms with Gasteiger partial charge in [-0.2, -0.15) is 0 Å². The Kier molecular flexibility index (Phi) is 3.25. The van der Waals surface area contributed by atoms with E-state index in [4.69, 9.17) is 5.11 Å². The number of hydrogen-bond donors (Lipinski definition) is 1. The quantitative estimate of drug-likeness (QED) is 0.872. The molecule has 0 saturated carbocycles. The van der Waals surface area contributed by atoms with Gasteiger partial charge < -0.3 is 5.11 Å². The van der Waals surface area contributed by atoms with E-state index in [0.717, 1.165) is 11.1 Å². The van der Waals surface area contributed by atoms with Gasteiger partial charge in [-0.1, -0.05) is 24.3 Å². The number of hydrogen-bond acceptors (Lipinski definition) is 3. The molecular formula is C13H10N2O2. The molecule has 0 unspecified atom stereocenters. The number of nitrogens with zero attached hydrogens (tertiary/aromatic N) is 2. The summed E-state index contributed by atoms with van der Waals surface area (Å²) in [6.45, 7) is 0. The molecule has 0 radical (unpaired) electrons. The zero-order valence-corrected chi connectivity index (χ0v) is 8.95. The predicted octanol–water partition coefficient (Wildman–Crippen LogP) is 2.35. The van der Waals surface area contributed by atoms with Crippen LogP contribution in [0.1, 0.15) is 21.5 Å². The van der Waals surface area contributed by atoms with E-state index >= 15 is 0 Å². The molecule has 0 spiro atoms. The Bertz CT molecular complexity index is 533. The predicted molar refractivity (Wildman–Crippen MR) is 64.4 cm³/mol. The molecule has 0 fully saturated rings. The topological polar surface area (TPSA) is 63.1 Å². The van der Waals surface area contributed by atoms with Crippen molar-refractivity contribution in [2.45, 2.75) is 0 Å². The van der Waals surface area contributed by atoms with Crippen molar-refractivity contribution in [3.05, 3.63) is 59.7 Å². The van der Waals surface area contributed by atoms with Crippen LogP contribution >= 0.6 is 0 Å². The lowest BCUT2D eigenvalue weighted by atomic mass is 10.1. The van der Waals surface area contributed by atoms with E-state index in [1.807, 2.05) is 12.2 Å². The molecule has 4 heteroatoms. The molecule has 0 aliphatic heterocycles. The van der Waals surface area contributed by atoms with Crippen LogP contribution in [0.4, 0.5) is 0 Å². The molecule has 2 rings (SSSR count). The van der Waals surface area contributed by atoms with Crippen LogP contribution < -0.4 is 0 Å². The second-order valence-electron chi connectivity index (χ2n) is 3.43. The zero-order valence-electron chi connectivity index (χ0n) is 8.95. The highest BCUT2D eigenvalue weighted by Crippen LogP contribution is 2.08. The maximum atomic E-state index is 10.7. The molecule has 1 heterocycles. The SMILES string of the molecule is O=C(O)c1ccc(C=Cc2cncnc2)cc1. The summed E-state index contributed by atoms with van der Waals surface area (Å²) in [4.78, 5) is 18.4. The van der Waals surface area contributed by atoms with Crippen LogP contribution in [-0.4, -0.2) is 21.0 Å². The second-order valence-corrected chi connectivity index (χ2v) is 3.43. The van der Waals surface area contributed by atoms with Gasteiger partial charge in [-0.3, -0.25) is 0 Å². The summed E-state index contributed by atoms with van der Waals surface area (Å²) in [5.74, 6) is -0.919. The number of rotatable bonds is 3. The average Bonchev–Trinajstić information content (AvgIpc) is 2.38. The Hall–Kier alpha value is -2.49. The molecule has 0 aliphatic rings. The van der Waals surface area contributed by atoms with Gasteiger partial charge in [-0.15, -0.1) is 0 Å². The maximum Gasteiger partial charge on any atom is 0.335 e. The van der Waals surface area contributed by atoms with Gasteiger partial charge in [0.15, 0.2) is 0 Å². The number of aromatic nitrogens is 2. The molecule has 0 saturated heterocycles. The Labute approximate surface area is 98.3 Å². The lowest BCUT2D eigenvalue weighted by molar-refractivity contribution is 0.0697. The van der Waals surface area contributed by atoms with Gasteiger partial charge >= 0.3 is 5.97 Å². The van der Waals surface area contributed by atoms with Gasteiger partial charge in [0.05, 0.1) is 5.56 Å². The summed E-state index contributed by atoms with van der Waals surface area (Å²) in [5.41, 5.74) is 2.11. The van der Waals surface area contributed by atoms with E-state index in [-0.39, 0.29) is 5.56 Å². The Morgan fingerprint density at radius 1 is 1.00 bits per heavy atom. The number of carboxylic acid groups (broad SMARTS) is 1.